The highest BCUT2D eigenvalue weighted by Crippen LogP contribution is 2.38. The summed E-state index contributed by atoms with van der Waals surface area (Å²) in [5, 5.41) is 3.74. The van der Waals surface area contributed by atoms with E-state index in [0.29, 0.717) is 27.7 Å². The van der Waals surface area contributed by atoms with Gasteiger partial charge in [-0.1, -0.05) is 68.8 Å². The highest BCUT2D eigenvalue weighted by atomic mass is 35.5. The van der Waals surface area contributed by atoms with Gasteiger partial charge in [0, 0.05) is 10.7 Å². The van der Waals surface area contributed by atoms with Crippen LogP contribution in [0, 0.1) is 0 Å². The summed E-state index contributed by atoms with van der Waals surface area (Å²) in [6.07, 6.45) is 0. The van der Waals surface area contributed by atoms with Gasteiger partial charge < -0.3 is 10.1 Å². The Balaban J connectivity index is 1.79. The fourth-order valence-corrected chi connectivity index (χ4v) is 3.89. The first-order chi connectivity index (χ1) is 15.7. The molecule has 0 saturated heterocycles. The van der Waals surface area contributed by atoms with Gasteiger partial charge >= 0.3 is 0 Å². The number of hydrogen-bond acceptors (Lipinski definition) is 4. The molecule has 33 heavy (non-hydrogen) atoms. The van der Waals surface area contributed by atoms with E-state index in [1.54, 1.807) is 48.5 Å². The maximum absolute atomic E-state index is 13.6. The molecule has 0 radical (unpaired) electrons. The molecule has 1 N–H and O–H groups in total. The normalized spacial score (nSPS) is 14.2. The van der Waals surface area contributed by atoms with Gasteiger partial charge in [0.2, 0.25) is 0 Å². The van der Waals surface area contributed by atoms with E-state index in [0.717, 1.165) is 4.90 Å². The molecule has 0 atom stereocenters. The molecule has 5 nitrogen and oxygen atoms in total. The summed E-state index contributed by atoms with van der Waals surface area (Å²) in [5.74, 6) is -0.444. The van der Waals surface area contributed by atoms with Gasteiger partial charge in [0.05, 0.1) is 18.4 Å². The van der Waals surface area contributed by atoms with E-state index >= 15 is 0 Å². The molecule has 1 aliphatic heterocycles. The van der Waals surface area contributed by atoms with Crippen molar-refractivity contribution in [3.63, 3.8) is 0 Å². The quantitative estimate of drug-likeness (QED) is 0.471. The third-order valence-corrected chi connectivity index (χ3v) is 5.82. The number of halogens is 1. The van der Waals surface area contributed by atoms with Gasteiger partial charge in [0.1, 0.15) is 11.4 Å². The lowest BCUT2D eigenvalue weighted by Crippen LogP contribution is -2.32. The molecule has 0 saturated carbocycles. The molecule has 1 heterocycles. The van der Waals surface area contributed by atoms with Crippen LogP contribution in [0.25, 0.3) is 5.57 Å². The number of hydrogen-bond donors (Lipinski definition) is 1. The molecular formula is C27H25ClN2O3. The Morgan fingerprint density at radius 2 is 1.48 bits per heavy atom. The van der Waals surface area contributed by atoms with Crippen LogP contribution in [0.15, 0.2) is 78.5 Å². The van der Waals surface area contributed by atoms with Crippen LogP contribution in [0.5, 0.6) is 5.75 Å². The molecule has 0 fully saturated rings. The van der Waals surface area contributed by atoms with Crippen molar-refractivity contribution in [3.8, 4) is 5.75 Å². The monoisotopic (exact) mass is 460 g/mol. The minimum absolute atomic E-state index is 0.00602. The Morgan fingerprint density at radius 3 is 2.09 bits per heavy atom. The minimum atomic E-state index is -0.450. The number of methoxy groups -OCH3 is 1. The van der Waals surface area contributed by atoms with Crippen LogP contribution in [0.3, 0.4) is 0 Å². The predicted molar refractivity (Wildman–Crippen MR) is 133 cm³/mol. The van der Waals surface area contributed by atoms with Crippen molar-refractivity contribution in [2.24, 2.45) is 0 Å². The number of para-hydroxylation sites is 2. The standard InChI is InChI=1S/C27H25ClN2O3/c1-27(2,3)18-11-15-20(16-12-18)29-24-23(17-9-13-19(28)14-10-17)25(31)30(26(24)32)21-7-5-6-8-22(21)33-4/h5-16,29H,1-4H3. The maximum atomic E-state index is 13.6. The van der Waals surface area contributed by atoms with E-state index in [-0.39, 0.29) is 16.7 Å². The molecule has 4 rings (SSSR count). The van der Waals surface area contributed by atoms with E-state index in [4.69, 9.17) is 16.3 Å². The number of rotatable bonds is 5. The molecule has 0 unspecified atom stereocenters. The van der Waals surface area contributed by atoms with Crippen LogP contribution in [-0.2, 0) is 15.0 Å². The van der Waals surface area contributed by atoms with Crippen molar-refractivity contribution in [3.05, 3.63) is 94.6 Å². The van der Waals surface area contributed by atoms with E-state index in [9.17, 15) is 9.59 Å². The largest absolute Gasteiger partial charge is 0.495 e. The summed E-state index contributed by atoms with van der Waals surface area (Å²) in [7, 11) is 1.51. The van der Waals surface area contributed by atoms with Gasteiger partial charge in [-0.15, -0.1) is 0 Å². The number of imide groups is 1. The van der Waals surface area contributed by atoms with Crippen molar-refractivity contribution >= 4 is 40.4 Å². The van der Waals surface area contributed by atoms with Crippen molar-refractivity contribution < 1.29 is 14.3 Å². The molecule has 2 amide bonds. The number of nitrogens with one attached hydrogen (secondary N) is 1. The average Bonchev–Trinajstić information content (AvgIpc) is 3.03. The van der Waals surface area contributed by atoms with Crippen molar-refractivity contribution in [1.29, 1.82) is 0 Å². The van der Waals surface area contributed by atoms with E-state index in [2.05, 4.69) is 26.1 Å². The predicted octanol–water partition coefficient (Wildman–Crippen LogP) is 6.04. The smallest absolute Gasteiger partial charge is 0.282 e. The summed E-state index contributed by atoms with van der Waals surface area (Å²) in [4.78, 5) is 28.3. The third kappa shape index (κ3) is 4.37. The van der Waals surface area contributed by atoms with Gasteiger partial charge in [-0.25, -0.2) is 4.90 Å². The summed E-state index contributed by atoms with van der Waals surface area (Å²) in [6.45, 7) is 6.42. The minimum Gasteiger partial charge on any atom is -0.495 e. The van der Waals surface area contributed by atoms with E-state index in [1.807, 2.05) is 24.3 Å². The Morgan fingerprint density at radius 1 is 0.848 bits per heavy atom. The van der Waals surface area contributed by atoms with E-state index in [1.165, 1.54) is 12.7 Å². The SMILES string of the molecule is COc1ccccc1N1C(=O)C(Nc2ccc(C(C)(C)C)cc2)=C(c2ccc(Cl)cc2)C1=O. The fourth-order valence-electron chi connectivity index (χ4n) is 3.76. The topological polar surface area (TPSA) is 58.6 Å². The number of anilines is 2. The number of carbonyl (C=O) groups is 2. The van der Waals surface area contributed by atoms with Gasteiger partial charge in [0.25, 0.3) is 11.8 Å². The molecule has 0 aliphatic carbocycles. The number of carbonyl (C=O) groups excluding carboxylic acids is 2. The summed E-state index contributed by atoms with van der Waals surface area (Å²) in [5.41, 5.74) is 3.37. The molecule has 1 aliphatic rings. The lowest BCUT2D eigenvalue weighted by molar-refractivity contribution is -0.120. The van der Waals surface area contributed by atoms with Crippen molar-refractivity contribution in [2.45, 2.75) is 26.2 Å². The van der Waals surface area contributed by atoms with Crippen LogP contribution < -0.4 is 15.0 Å². The van der Waals surface area contributed by atoms with Gasteiger partial charge in [0.15, 0.2) is 0 Å². The second kappa shape index (κ2) is 8.75. The number of nitrogens with zero attached hydrogens (tertiary/aromatic N) is 1. The zero-order valence-corrected chi connectivity index (χ0v) is 19.7. The average molecular weight is 461 g/mol. The van der Waals surface area contributed by atoms with Crippen LogP contribution >= 0.6 is 11.6 Å². The Kier molecular flexibility index (Phi) is 6.00. The number of ether oxygens (including phenoxy) is 1. The number of benzene rings is 3. The fraction of sp³-hybridized carbons (Fsp3) is 0.185. The molecule has 0 spiro atoms. The zero-order chi connectivity index (χ0) is 23.8. The summed E-state index contributed by atoms with van der Waals surface area (Å²) in [6, 6.07) is 21.7. The molecule has 3 aromatic carbocycles. The Hall–Kier alpha value is -3.57. The summed E-state index contributed by atoms with van der Waals surface area (Å²) >= 11 is 6.05. The Bertz CT molecular complexity index is 1240. The zero-order valence-electron chi connectivity index (χ0n) is 19.0. The van der Waals surface area contributed by atoms with Crippen LogP contribution in [0.4, 0.5) is 11.4 Å². The first kappa shape index (κ1) is 22.6. The lowest BCUT2D eigenvalue weighted by atomic mass is 9.87. The van der Waals surface area contributed by atoms with Gasteiger partial charge in [-0.05, 0) is 52.9 Å². The molecule has 168 valence electrons. The Labute approximate surface area is 198 Å². The first-order valence-electron chi connectivity index (χ1n) is 10.6. The van der Waals surface area contributed by atoms with Crippen LogP contribution in [0.1, 0.15) is 31.9 Å². The highest BCUT2D eigenvalue weighted by Gasteiger charge is 2.41. The molecule has 0 aromatic heterocycles. The molecule has 3 aromatic rings. The highest BCUT2D eigenvalue weighted by molar-refractivity contribution is 6.46. The van der Waals surface area contributed by atoms with Crippen molar-refractivity contribution in [2.75, 3.05) is 17.3 Å². The molecule has 0 bridgehead atoms. The van der Waals surface area contributed by atoms with E-state index < -0.39 is 11.8 Å². The number of amides is 2. The van der Waals surface area contributed by atoms with Crippen molar-refractivity contribution in [1.82, 2.24) is 0 Å². The van der Waals surface area contributed by atoms with Crippen LogP contribution in [0.2, 0.25) is 5.02 Å². The molecular weight excluding hydrogens is 436 g/mol. The summed E-state index contributed by atoms with van der Waals surface area (Å²) < 4.78 is 5.41. The molecule has 6 heteroatoms. The second-order valence-corrected chi connectivity index (χ2v) is 9.26. The van der Waals surface area contributed by atoms with Gasteiger partial charge in [-0.3, -0.25) is 9.59 Å². The second-order valence-electron chi connectivity index (χ2n) is 8.83. The van der Waals surface area contributed by atoms with Gasteiger partial charge in [-0.2, -0.15) is 0 Å². The third-order valence-electron chi connectivity index (χ3n) is 5.56. The maximum Gasteiger partial charge on any atom is 0.282 e. The lowest BCUT2D eigenvalue weighted by Gasteiger charge is -2.20. The first-order valence-corrected chi connectivity index (χ1v) is 11.0. The van der Waals surface area contributed by atoms with Crippen LogP contribution in [-0.4, -0.2) is 18.9 Å².